The number of amides is 1. The molecule has 1 amide bonds. The first-order chi connectivity index (χ1) is 7.00. The number of carbonyl (C=O) groups is 1. The van der Waals surface area contributed by atoms with Gasteiger partial charge in [-0.05, 0) is 19.8 Å². The van der Waals surface area contributed by atoms with E-state index in [0.29, 0.717) is 19.4 Å². The third kappa shape index (κ3) is 3.64. The molecule has 4 nitrogen and oxygen atoms in total. The molecule has 0 saturated heterocycles. The van der Waals surface area contributed by atoms with Crippen LogP contribution in [0.5, 0.6) is 0 Å². The molecule has 3 atom stereocenters. The summed E-state index contributed by atoms with van der Waals surface area (Å²) in [6.07, 6.45) is 4.72. The zero-order valence-electron chi connectivity index (χ0n) is 9.39. The van der Waals surface area contributed by atoms with Crippen LogP contribution in [0.1, 0.15) is 19.8 Å². The summed E-state index contributed by atoms with van der Waals surface area (Å²) in [7, 11) is 1.77. The van der Waals surface area contributed by atoms with E-state index in [4.69, 9.17) is 10.8 Å². The summed E-state index contributed by atoms with van der Waals surface area (Å²) in [6.45, 7) is 2.32. The van der Waals surface area contributed by atoms with Gasteiger partial charge in [0, 0.05) is 19.6 Å². The summed E-state index contributed by atoms with van der Waals surface area (Å²) in [6, 6.07) is 0.0177. The lowest BCUT2D eigenvalue weighted by Gasteiger charge is -2.21. The lowest BCUT2D eigenvalue weighted by atomic mass is 10.1. The molecular formula is C11H20N2O2. The Morgan fingerprint density at radius 2 is 2.33 bits per heavy atom. The molecule has 15 heavy (non-hydrogen) atoms. The maximum absolute atomic E-state index is 11.8. The molecule has 0 spiro atoms. The van der Waals surface area contributed by atoms with Gasteiger partial charge in [0.05, 0.1) is 12.0 Å². The molecular weight excluding hydrogens is 192 g/mol. The Labute approximate surface area is 90.7 Å². The van der Waals surface area contributed by atoms with Crippen molar-refractivity contribution in [2.75, 3.05) is 13.6 Å². The average Bonchev–Trinajstić information content (AvgIpc) is 2.60. The van der Waals surface area contributed by atoms with Crippen LogP contribution in [0, 0.1) is 5.92 Å². The summed E-state index contributed by atoms with van der Waals surface area (Å²) in [5.41, 5.74) is 5.69. The number of hydrogen-bond donors (Lipinski definition) is 2. The minimum Gasteiger partial charge on any atom is -0.393 e. The first kappa shape index (κ1) is 12.2. The topological polar surface area (TPSA) is 66.6 Å². The third-order valence-corrected chi connectivity index (χ3v) is 2.69. The van der Waals surface area contributed by atoms with Crippen molar-refractivity contribution < 1.29 is 9.90 Å². The van der Waals surface area contributed by atoms with E-state index in [-0.39, 0.29) is 24.0 Å². The Balaban J connectivity index is 2.36. The molecule has 0 heterocycles. The standard InChI is InChI=1S/C11H20N2O2/c1-8(14)5-6-13(2)11(15)9-3-4-10(12)7-9/h3-4,8-10,14H,5-7,12H2,1-2H3. The normalized spacial score (nSPS) is 26.7. The average molecular weight is 212 g/mol. The molecule has 0 aromatic heterocycles. The molecule has 3 N–H and O–H groups in total. The van der Waals surface area contributed by atoms with E-state index >= 15 is 0 Å². The summed E-state index contributed by atoms with van der Waals surface area (Å²) >= 11 is 0. The number of carbonyl (C=O) groups excluding carboxylic acids is 1. The second-order valence-electron chi connectivity index (χ2n) is 4.29. The van der Waals surface area contributed by atoms with Gasteiger partial charge < -0.3 is 15.7 Å². The van der Waals surface area contributed by atoms with Crippen LogP contribution in [0.25, 0.3) is 0 Å². The Hall–Kier alpha value is -0.870. The van der Waals surface area contributed by atoms with E-state index in [1.165, 1.54) is 0 Å². The number of aliphatic hydroxyl groups excluding tert-OH is 1. The van der Waals surface area contributed by atoms with Crippen molar-refractivity contribution in [2.24, 2.45) is 11.7 Å². The van der Waals surface area contributed by atoms with Gasteiger partial charge in [-0.25, -0.2) is 0 Å². The smallest absolute Gasteiger partial charge is 0.229 e. The second-order valence-corrected chi connectivity index (χ2v) is 4.29. The highest BCUT2D eigenvalue weighted by Gasteiger charge is 2.25. The molecule has 1 rings (SSSR count). The van der Waals surface area contributed by atoms with Crippen LogP contribution < -0.4 is 5.73 Å². The SMILES string of the molecule is CC(O)CCN(C)C(=O)C1C=CC(N)C1. The van der Waals surface area contributed by atoms with Gasteiger partial charge in [-0.3, -0.25) is 4.79 Å². The van der Waals surface area contributed by atoms with Gasteiger partial charge in [0.2, 0.25) is 5.91 Å². The molecule has 0 bridgehead atoms. The quantitative estimate of drug-likeness (QED) is 0.650. The Kier molecular flexibility index (Phi) is 4.29. The van der Waals surface area contributed by atoms with Crippen LogP contribution in [0.2, 0.25) is 0 Å². The highest BCUT2D eigenvalue weighted by molar-refractivity contribution is 5.81. The monoisotopic (exact) mass is 212 g/mol. The minimum atomic E-state index is -0.360. The van der Waals surface area contributed by atoms with Crippen LogP contribution in [-0.4, -0.2) is 41.7 Å². The molecule has 0 aliphatic heterocycles. The van der Waals surface area contributed by atoms with Gasteiger partial charge in [0.15, 0.2) is 0 Å². The van der Waals surface area contributed by atoms with Gasteiger partial charge in [-0.2, -0.15) is 0 Å². The number of nitrogens with zero attached hydrogens (tertiary/aromatic N) is 1. The Morgan fingerprint density at radius 1 is 1.67 bits per heavy atom. The fourth-order valence-corrected chi connectivity index (χ4v) is 1.68. The molecule has 4 heteroatoms. The number of aliphatic hydroxyl groups is 1. The number of nitrogens with two attached hydrogens (primary N) is 1. The predicted molar refractivity (Wildman–Crippen MR) is 59.2 cm³/mol. The molecule has 86 valence electrons. The third-order valence-electron chi connectivity index (χ3n) is 2.69. The number of rotatable bonds is 4. The zero-order chi connectivity index (χ0) is 11.4. The molecule has 0 saturated carbocycles. The van der Waals surface area contributed by atoms with Crippen molar-refractivity contribution >= 4 is 5.91 Å². The maximum Gasteiger partial charge on any atom is 0.229 e. The molecule has 0 aromatic rings. The van der Waals surface area contributed by atoms with Crippen LogP contribution >= 0.6 is 0 Å². The molecule has 3 unspecified atom stereocenters. The Bertz CT molecular complexity index is 251. The largest absolute Gasteiger partial charge is 0.393 e. The zero-order valence-corrected chi connectivity index (χ0v) is 9.39. The highest BCUT2D eigenvalue weighted by atomic mass is 16.3. The van der Waals surface area contributed by atoms with E-state index in [0.717, 1.165) is 0 Å². The Morgan fingerprint density at radius 3 is 2.80 bits per heavy atom. The van der Waals surface area contributed by atoms with Gasteiger partial charge in [-0.1, -0.05) is 12.2 Å². The van der Waals surface area contributed by atoms with Crippen molar-refractivity contribution in [3.8, 4) is 0 Å². The number of hydrogen-bond acceptors (Lipinski definition) is 3. The van der Waals surface area contributed by atoms with Gasteiger partial charge in [-0.15, -0.1) is 0 Å². The van der Waals surface area contributed by atoms with Crippen LogP contribution in [-0.2, 0) is 4.79 Å². The molecule has 0 aromatic carbocycles. The van der Waals surface area contributed by atoms with Gasteiger partial charge >= 0.3 is 0 Å². The second kappa shape index (κ2) is 5.28. The summed E-state index contributed by atoms with van der Waals surface area (Å²) in [4.78, 5) is 13.5. The van der Waals surface area contributed by atoms with Crippen molar-refractivity contribution in [3.63, 3.8) is 0 Å². The predicted octanol–water partition coefficient (Wildman–Crippen LogP) is 0.119. The van der Waals surface area contributed by atoms with E-state index in [2.05, 4.69) is 0 Å². The lowest BCUT2D eigenvalue weighted by molar-refractivity contribution is -0.132. The molecule has 1 aliphatic carbocycles. The van der Waals surface area contributed by atoms with E-state index in [1.54, 1.807) is 18.9 Å². The first-order valence-electron chi connectivity index (χ1n) is 5.37. The minimum absolute atomic E-state index is 0.0177. The fraction of sp³-hybridized carbons (Fsp3) is 0.727. The van der Waals surface area contributed by atoms with Crippen molar-refractivity contribution in [3.05, 3.63) is 12.2 Å². The summed E-state index contributed by atoms with van der Waals surface area (Å²) in [5.74, 6) is 0.0267. The van der Waals surface area contributed by atoms with Crippen LogP contribution in [0.15, 0.2) is 12.2 Å². The van der Waals surface area contributed by atoms with Crippen molar-refractivity contribution in [2.45, 2.75) is 31.9 Å². The van der Waals surface area contributed by atoms with E-state index in [9.17, 15) is 4.79 Å². The van der Waals surface area contributed by atoms with Gasteiger partial charge in [0.1, 0.15) is 0 Å². The van der Waals surface area contributed by atoms with Crippen LogP contribution in [0.3, 0.4) is 0 Å². The van der Waals surface area contributed by atoms with Crippen molar-refractivity contribution in [1.29, 1.82) is 0 Å². The van der Waals surface area contributed by atoms with Gasteiger partial charge in [0.25, 0.3) is 0 Å². The van der Waals surface area contributed by atoms with E-state index in [1.807, 2.05) is 12.2 Å². The lowest BCUT2D eigenvalue weighted by Crippen LogP contribution is -2.34. The highest BCUT2D eigenvalue weighted by Crippen LogP contribution is 2.18. The fourth-order valence-electron chi connectivity index (χ4n) is 1.68. The molecule has 0 radical (unpaired) electrons. The van der Waals surface area contributed by atoms with E-state index < -0.39 is 0 Å². The summed E-state index contributed by atoms with van der Waals surface area (Å²) in [5, 5.41) is 9.12. The first-order valence-corrected chi connectivity index (χ1v) is 5.37. The van der Waals surface area contributed by atoms with Crippen molar-refractivity contribution in [1.82, 2.24) is 4.90 Å². The molecule has 0 fully saturated rings. The molecule has 1 aliphatic rings. The summed E-state index contributed by atoms with van der Waals surface area (Å²) < 4.78 is 0. The maximum atomic E-state index is 11.8. The van der Waals surface area contributed by atoms with Crippen LogP contribution in [0.4, 0.5) is 0 Å².